The van der Waals surface area contributed by atoms with Gasteiger partial charge < -0.3 is 22.7 Å². The molecule has 9 nitrogen and oxygen atoms in total. The van der Waals surface area contributed by atoms with Crippen molar-refractivity contribution in [1.29, 1.82) is 0 Å². The Balaban J connectivity index is 0.000000130. The molecule has 632 valence electrons. The number of para-hydroxylation sites is 9. The average molecular weight is 1740 g/mol. The summed E-state index contributed by atoms with van der Waals surface area (Å²) in [5.41, 5.74) is 31.9. The highest BCUT2D eigenvalue weighted by molar-refractivity contribution is 6.24. The van der Waals surface area contributed by atoms with Crippen LogP contribution < -0.4 is 0 Å². The van der Waals surface area contributed by atoms with Gasteiger partial charge in [-0.25, -0.2) is 19.9 Å². The molecule has 0 atom stereocenters. The van der Waals surface area contributed by atoms with Gasteiger partial charge >= 0.3 is 0 Å². The fourth-order valence-corrected chi connectivity index (χ4v) is 23.0. The molecule has 0 radical (unpaired) electrons. The number of hydrogen-bond acceptors (Lipinski definition) is 5. The van der Waals surface area contributed by atoms with Gasteiger partial charge in [0.2, 0.25) is 0 Å². The number of hydrogen-bond donors (Lipinski definition) is 0. The fourth-order valence-electron chi connectivity index (χ4n) is 23.0. The van der Waals surface area contributed by atoms with Gasteiger partial charge in [0.15, 0.2) is 0 Å². The van der Waals surface area contributed by atoms with Crippen molar-refractivity contribution in [3.8, 4) is 90.0 Å². The second-order valence-corrected chi connectivity index (χ2v) is 36.6. The van der Waals surface area contributed by atoms with E-state index in [1.807, 2.05) is 48.5 Å². The maximum absolute atomic E-state index is 6.35. The van der Waals surface area contributed by atoms with Crippen LogP contribution in [0, 0.1) is 0 Å². The highest BCUT2D eigenvalue weighted by Crippen LogP contribution is 2.52. The van der Waals surface area contributed by atoms with Gasteiger partial charge in [-0.1, -0.05) is 297 Å². The Bertz CT molecular complexity index is 10500. The first-order valence-corrected chi connectivity index (χ1v) is 46.9. The van der Waals surface area contributed by atoms with E-state index in [2.05, 4.69) is 419 Å². The summed E-state index contributed by atoms with van der Waals surface area (Å²) in [7, 11) is 0. The summed E-state index contributed by atoms with van der Waals surface area (Å²) in [6.07, 6.45) is 0. The predicted octanol–water partition coefficient (Wildman–Crippen LogP) is 33.9. The average Bonchev–Trinajstić information content (AvgIpc) is 1.58. The van der Waals surface area contributed by atoms with E-state index in [0.29, 0.717) is 0 Å². The lowest BCUT2D eigenvalue weighted by atomic mass is 9.94. The molecule has 1 aliphatic rings. The van der Waals surface area contributed by atoms with Crippen LogP contribution in [0.4, 0.5) is 0 Å². The third-order valence-corrected chi connectivity index (χ3v) is 29.2. The summed E-state index contributed by atoms with van der Waals surface area (Å²) in [4.78, 5) is 21.4. The Morgan fingerprint density at radius 3 is 1.04 bits per heavy atom. The summed E-state index contributed by atoms with van der Waals surface area (Å²) in [5, 5.41) is 29.0. The van der Waals surface area contributed by atoms with E-state index in [9.17, 15) is 0 Å². The first kappa shape index (κ1) is 75.3. The third-order valence-electron chi connectivity index (χ3n) is 29.2. The quantitative estimate of drug-likeness (QED) is 0.151. The maximum atomic E-state index is 6.35. The maximum Gasteiger partial charge on any atom is 0.136 e. The minimum atomic E-state index is 0.819. The summed E-state index contributed by atoms with van der Waals surface area (Å²) in [5.74, 6) is 0. The molecule has 0 unspecified atom stereocenters. The number of nitrogens with zero attached hydrogens (tertiary/aromatic N) is 8. The van der Waals surface area contributed by atoms with Crippen LogP contribution in [0.25, 0.3) is 297 Å². The number of aromatic nitrogens is 8. The lowest BCUT2D eigenvalue weighted by molar-refractivity contribution is 0.669. The van der Waals surface area contributed by atoms with Crippen molar-refractivity contribution < 1.29 is 4.42 Å². The van der Waals surface area contributed by atoms with Crippen LogP contribution in [-0.2, 0) is 0 Å². The van der Waals surface area contributed by atoms with Gasteiger partial charge in [0.25, 0.3) is 0 Å². The lowest BCUT2D eigenvalue weighted by Gasteiger charge is -2.15. The molecule has 0 saturated carbocycles. The molecule has 0 saturated heterocycles. The normalized spacial score (nSPS) is 12.2. The van der Waals surface area contributed by atoms with E-state index in [0.717, 1.165) is 139 Å². The van der Waals surface area contributed by atoms with Crippen molar-refractivity contribution in [2.24, 2.45) is 0 Å². The van der Waals surface area contributed by atoms with E-state index in [-0.39, 0.29) is 0 Å². The van der Waals surface area contributed by atoms with Crippen LogP contribution >= 0.6 is 0 Å². The minimum Gasteiger partial charge on any atom is -0.456 e. The van der Waals surface area contributed by atoms with Crippen molar-refractivity contribution >= 4 is 207 Å². The summed E-state index contributed by atoms with van der Waals surface area (Å²) in [6.45, 7) is 0. The highest BCUT2D eigenvalue weighted by atomic mass is 16.3. The Kier molecular flexibility index (Phi) is 15.9. The van der Waals surface area contributed by atoms with Crippen LogP contribution in [0.1, 0.15) is 0 Å². The van der Waals surface area contributed by atoms with Gasteiger partial charge in [-0.15, -0.1) is 0 Å². The van der Waals surface area contributed by atoms with Gasteiger partial charge in [0.05, 0.1) is 89.0 Å². The molecule has 0 N–H and O–H groups in total. The van der Waals surface area contributed by atoms with Gasteiger partial charge in [-0.3, -0.25) is 0 Å². The van der Waals surface area contributed by atoms with Crippen molar-refractivity contribution in [2.75, 3.05) is 0 Å². The molecule has 0 fully saturated rings. The van der Waals surface area contributed by atoms with E-state index in [1.54, 1.807) is 0 Å². The van der Waals surface area contributed by atoms with Crippen LogP contribution in [0.2, 0.25) is 0 Å². The standard InChI is InChI=1S/C66H38N4.C62H36N4O/c1-2-13-47-39(12-1)28-31-56-50-16-5-10-23-61(50)70(66(47)56)46-30-27-42-37-57-51-17-6-9-22-60(51)69(62(57)38-44(42)36-46)45-29-26-40-34-43(25-24-41(40)35-45)64-65(68-59-21-8-7-20-58(59)67-64)55-33-32-54-49-15-4-3-14-48(49)52-18-11-19-53(55)63(52)54;1-2-12-46-38(11-1)25-30-51-47-13-3-9-19-56(47)66(62(46)51)45-28-24-39-34-52-48-14-4-8-18-55(48)65(57(52)35-43(39)33-45)44-27-23-37-21-22-40(31-42(37)32-44)60-61(64-54-17-7-6-16-53(54)63-60)41-26-29-50-49-15-5-10-20-58(49)67-59(50)36-41/h1-38H;1-36H. The zero-order valence-electron chi connectivity index (χ0n) is 73.7. The SMILES string of the molecule is c1ccc2c(c1)-c1cccc3c(-c4nc5ccccc5nc4-c4ccc5cc(-n6c7ccccc7c7cc8ccc(-n9c%10ccccc%10c%10ccc%11ccccc%11c%109)cc8cc76)ccc5c4)ccc-2c13.c1ccc2c(c1)ccc1c3ccccc3n(-c3ccc4cc5c6ccccc6n(-c6ccc7ccc(-c8nc9ccccc9nc8-c8ccc9c(c8)oc8ccccc89)cc7c6)c5cc4c3)c21. The van der Waals surface area contributed by atoms with Crippen LogP contribution in [0.5, 0.6) is 0 Å². The zero-order chi connectivity index (χ0) is 89.3. The van der Waals surface area contributed by atoms with Crippen LogP contribution in [0.3, 0.4) is 0 Å². The second-order valence-electron chi connectivity index (χ2n) is 36.6. The van der Waals surface area contributed by atoms with Crippen molar-refractivity contribution in [3.05, 3.63) is 449 Å². The number of benzene rings is 23. The molecule has 7 heterocycles. The second kappa shape index (κ2) is 29.0. The van der Waals surface area contributed by atoms with Crippen molar-refractivity contribution in [1.82, 2.24) is 38.2 Å². The van der Waals surface area contributed by atoms with Crippen molar-refractivity contribution in [2.45, 2.75) is 0 Å². The van der Waals surface area contributed by atoms with Crippen LogP contribution in [-0.4, -0.2) is 38.2 Å². The molecule has 0 amide bonds. The molecular formula is C128H74N8O. The molecular weight excluding hydrogens is 1670 g/mol. The Hall–Kier alpha value is -18.4. The summed E-state index contributed by atoms with van der Waals surface area (Å²) < 4.78 is 16.1. The lowest BCUT2D eigenvalue weighted by Crippen LogP contribution is -1.97. The molecule has 30 aromatic rings. The van der Waals surface area contributed by atoms with Crippen LogP contribution in [0.15, 0.2) is 453 Å². The third kappa shape index (κ3) is 11.4. The fraction of sp³-hybridized carbons (Fsp3) is 0. The van der Waals surface area contributed by atoms with Crippen molar-refractivity contribution in [3.63, 3.8) is 0 Å². The van der Waals surface area contributed by atoms with E-state index in [4.69, 9.17) is 24.4 Å². The smallest absolute Gasteiger partial charge is 0.136 e. The Labute approximate surface area is 782 Å². The number of furan rings is 1. The Morgan fingerprint density at radius 1 is 0.161 bits per heavy atom. The monoisotopic (exact) mass is 1740 g/mol. The summed E-state index contributed by atoms with van der Waals surface area (Å²) in [6, 6.07) is 163. The molecule has 0 spiro atoms. The Morgan fingerprint density at radius 2 is 0.496 bits per heavy atom. The molecule has 7 aromatic heterocycles. The van der Waals surface area contributed by atoms with E-state index in [1.165, 1.54) is 158 Å². The molecule has 31 rings (SSSR count). The topological polar surface area (TPSA) is 84.4 Å². The predicted molar refractivity (Wildman–Crippen MR) is 572 cm³/mol. The number of rotatable bonds is 8. The minimum absolute atomic E-state index is 0.819. The molecule has 9 heteroatoms. The molecule has 137 heavy (non-hydrogen) atoms. The molecule has 0 bridgehead atoms. The molecule has 0 aliphatic heterocycles. The summed E-state index contributed by atoms with van der Waals surface area (Å²) >= 11 is 0. The largest absolute Gasteiger partial charge is 0.456 e. The first-order valence-electron chi connectivity index (χ1n) is 46.9. The molecule has 1 aliphatic carbocycles. The highest BCUT2D eigenvalue weighted by Gasteiger charge is 2.28. The van der Waals surface area contributed by atoms with E-state index < -0.39 is 0 Å². The van der Waals surface area contributed by atoms with E-state index >= 15 is 0 Å². The number of fused-ring (bicyclic) bond motifs is 28. The van der Waals surface area contributed by atoms with Gasteiger partial charge in [0, 0.05) is 110 Å². The molecule has 23 aromatic carbocycles. The van der Waals surface area contributed by atoms with Gasteiger partial charge in [-0.05, 0) is 239 Å². The first-order chi connectivity index (χ1) is 67.9. The zero-order valence-corrected chi connectivity index (χ0v) is 73.7. The van der Waals surface area contributed by atoms with Gasteiger partial charge in [0.1, 0.15) is 11.2 Å². The van der Waals surface area contributed by atoms with Gasteiger partial charge in [-0.2, -0.15) is 0 Å².